The fraction of sp³-hybridized carbons (Fsp3) is 1.00. The van der Waals surface area contributed by atoms with Gasteiger partial charge in [0.1, 0.15) is 0 Å². The van der Waals surface area contributed by atoms with Crippen LogP contribution in [-0.2, 0) is 0 Å². The summed E-state index contributed by atoms with van der Waals surface area (Å²) in [6, 6.07) is 0.448. The summed E-state index contributed by atoms with van der Waals surface area (Å²) >= 11 is 0. The van der Waals surface area contributed by atoms with Crippen LogP contribution < -0.4 is 11.5 Å². The first kappa shape index (κ1) is 15.3. The molecule has 0 aromatic heterocycles. The molecule has 5 unspecified atom stereocenters. The van der Waals surface area contributed by atoms with E-state index in [2.05, 4.69) is 13.8 Å². The first-order chi connectivity index (χ1) is 9.00. The third-order valence-electron chi connectivity index (χ3n) is 6.01. The molecule has 2 rings (SSSR count). The average molecular weight is 266 g/mol. The Morgan fingerprint density at radius 3 is 2.58 bits per heavy atom. The first-order valence-electron chi connectivity index (χ1n) is 8.55. The standard InChI is InChI=1S/C17H34N2/c1-13-7-5-8-14(16(13)18)9-6-11-15-10-3-4-12-17(15,2)19/h13-16H,3-12,18-19H2,1-2H3. The molecule has 0 spiro atoms. The molecule has 4 N–H and O–H groups in total. The maximum absolute atomic E-state index is 6.47. The summed E-state index contributed by atoms with van der Waals surface area (Å²) in [7, 11) is 0. The normalized spacial score (nSPS) is 44.2. The minimum absolute atomic E-state index is 0.0974. The lowest BCUT2D eigenvalue weighted by Gasteiger charge is -2.39. The molecule has 0 aromatic rings. The van der Waals surface area contributed by atoms with Crippen LogP contribution in [0.5, 0.6) is 0 Å². The van der Waals surface area contributed by atoms with E-state index in [4.69, 9.17) is 11.5 Å². The quantitative estimate of drug-likeness (QED) is 0.812. The fourth-order valence-corrected chi connectivity index (χ4v) is 4.42. The van der Waals surface area contributed by atoms with Crippen LogP contribution in [0, 0.1) is 17.8 Å². The molecule has 0 bridgehead atoms. The zero-order chi connectivity index (χ0) is 13.9. The molecule has 0 amide bonds. The zero-order valence-corrected chi connectivity index (χ0v) is 13.0. The predicted molar refractivity (Wildman–Crippen MR) is 82.9 cm³/mol. The van der Waals surface area contributed by atoms with E-state index in [1.807, 2.05) is 0 Å². The van der Waals surface area contributed by atoms with Crippen molar-refractivity contribution in [1.29, 1.82) is 0 Å². The minimum Gasteiger partial charge on any atom is -0.327 e. The molecule has 2 saturated carbocycles. The smallest absolute Gasteiger partial charge is 0.0154 e. The summed E-state index contributed by atoms with van der Waals surface area (Å²) in [5.74, 6) is 2.25. The van der Waals surface area contributed by atoms with Gasteiger partial charge < -0.3 is 11.5 Å². The van der Waals surface area contributed by atoms with E-state index in [-0.39, 0.29) is 5.54 Å². The Morgan fingerprint density at radius 1 is 1.05 bits per heavy atom. The Morgan fingerprint density at radius 2 is 1.84 bits per heavy atom. The fourth-order valence-electron chi connectivity index (χ4n) is 4.42. The van der Waals surface area contributed by atoms with E-state index in [0.717, 1.165) is 17.8 Å². The number of hydrogen-bond acceptors (Lipinski definition) is 2. The van der Waals surface area contributed by atoms with Crippen molar-refractivity contribution in [2.45, 2.75) is 89.6 Å². The SMILES string of the molecule is CC1CCCC(CCCC2CCCCC2(C)N)C1N. The molecule has 2 aliphatic rings. The molecule has 0 radical (unpaired) electrons. The Bertz CT molecular complexity index is 274. The van der Waals surface area contributed by atoms with Crippen LogP contribution in [0.15, 0.2) is 0 Å². The van der Waals surface area contributed by atoms with Crippen LogP contribution in [0.3, 0.4) is 0 Å². The van der Waals surface area contributed by atoms with Gasteiger partial charge in [0.2, 0.25) is 0 Å². The summed E-state index contributed by atoms with van der Waals surface area (Å²) in [6.07, 6.45) is 13.4. The van der Waals surface area contributed by atoms with E-state index < -0.39 is 0 Å². The van der Waals surface area contributed by atoms with Gasteiger partial charge in [-0.2, -0.15) is 0 Å². The number of rotatable bonds is 4. The van der Waals surface area contributed by atoms with Gasteiger partial charge in [-0.1, -0.05) is 32.6 Å². The van der Waals surface area contributed by atoms with Crippen molar-refractivity contribution in [3.63, 3.8) is 0 Å². The molecule has 2 aliphatic carbocycles. The van der Waals surface area contributed by atoms with Gasteiger partial charge in [-0.3, -0.25) is 0 Å². The van der Waals surface area contributed by atoms with E-state index in [1.165, 1.54) is 64.2 Å². The van der Waals surface area contributed by atoms with Gasteiger partial charge in [0.05, 0.1) is 0 Å². The highest BCUT2D eigenvalue weighted by atomic mass is 14.7. The summed E-state index contributed by atoms with van der Waals surface area (Å²) in [5.41, 5.74) is 12.9. The average Bonchev–Trinajstić information content (AvgIpc) is 2.36. The van der Waals surface area contributed by atoms with Crippen molar-refractivity contribution in [3.8, 4) is 0 Å². The maximum atomic E-state index is 6.47. The third kappa shape index (κ3) is 3.95. The molecule has 0 aliphatic heterocycles. The van der Waals surface area contributed by atoms with Gasteiger partial charge in [0, 0.05) is 11.6 Å². The number of nitrogens with two attached hydrogens (primary N) is 2. The molecule has 0 saturated heterocycles. The van der Waals surface area contributed by atoms with E-state index in [1.54, 1.807) is 0 Å². The highest BCUT2D eigenvalue weighted by Crippen LogP contribution is 2.37. The highest BCUT2D eigenvalue weighted by molar-refractivity contribution is 4.90. The molecule has 2 heteroatoms. The summed E-state index contributed by atoms with van der Waals surface area (Å²) in [4.78, 5) is 0. The second-order valence-corrected chi connectivity index (χ2v) is 7.63. The van der Waals surface area contributed by atoms with Crippen LogP contribution in [0.2, 0.25) is 0 Å². The molecule has 5 atom stereocenters. The summed E-state index contributed by atoms with van der Waals surface area (Å²) < 4.78 is 0. The van der Waals surface area contributed by atoms with Gasteiger partial charge in [-0.05, 0) is 63.2 Å². The lowest BCUT2D eigenvalue weighted by molar-refractivity contribution is 0.177. The van der Waals surface area contributed by atoms with Crippen LogP contribution in [-0.4, -0.2) is 11.6 Å². The Balaban J connectivity index is 1.73. The van der Waals surface area contributed by atoms with Crippen LogP contribution in [0.25, 0.3) is 0 Å². The molecule has 0 heterocycles. The summed E-state index contributed by atoms with van der Waals surface area (Å²) in [6.45, 7) is 4.60. The van der Waals surface area contributed by atoms with Gasteiger partial charge >= 0.3 is 0 Å². The van der Waals surface area contributed by atoms with Crippen molar-refractivity contribution in [1.82, 2.24) is 0 Å². The third-order valence-corrected chi connectivity index (χ3v) is 6.01. The van der Waals surface area contributed by atoms with E-state index >= 15 is 0 Å². The zero-order valence-electron chi connectivity index (χ0n) is 13.0. The van der Waals surface area contributed by atoms with Crippen molar-refractivity contribution in [2.24, 2.45) is 29.2 Å². The van der Waals surface area contributed by atoms with Crippen LogP contribution in [0.4, 0.5) is 0 Å². The molecule has 2 nitrogen and oxygen atoms in total. The maximum Gasteiger partial charge on any atom is 0.0154 e. The van der Waals surface area contributed by atoms with Gasteiger partial charge in [-0.25, -0.2) is 0 Å². The highest BCUT2D eigenvalue weighted by Gasteiger charge is 2.33. The van der Waals surface area contributed by atoms with Gasteiger partial charge in [0.25, 0.3) is 0 Å². The Labute approximate surface area is 119 Å². The monoisotopic (exact) mass is 266 g/mol. The second kappa shape index (κ2) is 6.58. The van der Waals surface area contributed by atoms with E-state index in [9.17, 15) is 0 Å². The molecule has 0 aromatic carbocycles. The van der Waals surface area contributed by atoms with Crippen molar-refractivity contribution in [3.05, 3.63) is 0 Å². The van der Waals surface area contributed by atoms with Crippen LogP contribution in [0.1, 0.15) is 78.1 Å². The number of hydrogen-bond donors (Lipinski definition) is 2. The van der Waals surface area contributed by atoms with Crippen molar-refractivity contribution >= 4 is 0 Å². The minimum atomic E-state index is 0.0974. The lowest BCUT2D eigenvalue weighted by Crippen LogP contribution is -2.46. The Kier molecular flexibility index (Phi) is 5.30. The van der Waals surface area contributed by atoms with Crippen molar-refractivity contribution in [2.75, 3.05) is 0 Å². The Hall–Kier alpha value is -0.0800. The first-order valence-corrected chi connectivity index (χ1v) is 8.55. The predicted octanol–water partition coefficient (Wildman–Crippen LogP) is 3.83. The molecular weight excluding hydrogens is 232 g/mol. The topological polar surface area (TPSA) is 52.0 Å². The second-order valence-electron chi connectivity index (χ2n) is 7.63. The largest absolute Gasteiger partial charge is 0.327 e. The van der Waals surface area contributed by atoms with Gasteiger partial charge in [0.15, 0.2) is 0 Å². The van der Waals surface area contributed by atoms with Crippen LogP contribution >= 0.6 is 0 Å². The molecule has 112 valence electrons. The van der Waals surface area contributed by atoms with E-state index in [0.29, 0.717) is 6.04 Å². The van der Waals surface area contributed by atoms with Gasteiger partial charge in [-0.15, -0.1) is 0 Å². The van der Waals surface area contributed by atoms with Crippen molar-refractivity contribution < 1.29 is 0 Å². The lowest BCUT2D eigenvalue weighted by atomic mass is 9.71. The molecular formula is C17H34N2. The summed E-state index contributed by atoms with van der Waals surface area (Å²) in [5, 5.41) is 0. The molecule has 2 fully saturated rings. The molecule has 19 heavy (non-hydrogen) atoms.